The Kier molecular flexibility index (Phi) is 6.41. The van der Waals surface area contributed by atoms with E-state index in [4.69, 9.17) is 14.3 Å². The van der Waals surface area contributed by atoms with E-state index in [0.29, 0.717) is 12.2 Å². The van der Waals surface area contributed by atoms with Crippen LogP contribution in [-0.2, 0) is 4.79 Å². The number of unbranched alkanes of at least 4 members (excludes halogenated alkanes) is 4. The van der Waals surface area contributed by atoms with Gasteiger partial charge < -0.3 is 14.3 Å². The van der Waals surface area contributed by atoms with Gasteiger partial charge in [0, 0.05) is 23.4 Å². The van der Waals surface area contributed by atoms with E-state index in [9.17, 15) is 9.59 Å². The largest absolute Gasteiger partial charge is 0.493 e. The number of hydrogen-bond donors (Lipinski definition) is 1. The third-order valence-electron chi connectivity index (χ3n) is 4.11. The second-order valence-corrected chi connectivity index (χ2v) is 6.07. The highest BCUT2D eigenvalue weighted by Crippen LogP contribution is 2.28. The summed E-state index contributed by atoms with van der Waals surface area (Å²) in [5, 5.41) is 9.50. The smallest absolute Gasteiger partial charge is 0.336 e. The zero-order valence-electron chi connectivity index (χ0n) is 14.3. The Morgan fingerprint density at radius 3 is 2.58 bits per heavy atom. The quantitative estimate of drug-likeness (QED) is 0.550. The van der Waals surface area contributed by atoms with Gasteiger partial charge in [-0.05, 0) is 44.4 Å². The Morgan fingerprint density at radius 2 is 1.83 bits per heavy atom. The van der Waals surface area contributed by atoms with Gasteiger partial charge in [-0.25, -0.2) is 4.79 Å². The second kappa shape index (κ2) is 8.52. The van der Waals surface area contributed by atoms with Gasteiger partial charge in [0.05, 0.1) is 6.61 Å². The lowest BCUT2D eigenvalue weighted by atomic mass is 10.1. The van der Waals surface area contributed by atoms with Gasteiger partial charge in [-0.3, -0.25) is 4.79 Å². The van der Waals surface area contributed by atoms with Crippen molar-refractivity contribution in [2.45, 2.75) is 52.4 Å². The van der Waals surface area contributed by atoms with E-state index >= 15 is 0 Å². The highest BCUT2D eigenvalue weighted by molar-refractivity contribution is 5.84. The number of fused-ring (bicyclic) bond motifs is 1. The van der Waals surface area contributed by atoms with Crippen LogP contribution in [0.3, 0.4) is 0 Å². The number of aryl methyl sites for hydroxylation is 2. The fraction of sp³-hybridized carbons (Fsp3) is 0.474. The SMILES string of the molecule is Cc1cc(=O)oc2c(C)c(OCCCCCCCC(=O)O)ccc12. The van der Waals surface area contributed by atoms with Crippen molar-refractivity contribution in [3.63, 3.8) is 0 Å². The van der Waals surface area contributed by atoms with E-state index in [0.717, 1.165) is 54.4 Å². The van der Waals surface area contributed by atoms with Crippen molar-refractivity contribution in [3.8, 4) is 5.75 Å². The number of carboxylic acids is 1. The summed E-state index contributed by atoms with van der Waals surface area (Å²) < 4.78 is 11.1. The molecule has 0 atom stereocenters. The molecule has 0 bridgehead atoms. The van der Waals surface area contributed by atoms with Crippen molar-refractivity contribution in [1.82, 2.24) is 0 Å². The molecule has 0 aliphatic carbocycles. The molecule has 0 aliphatic rings. The molecule has 0 radical (unpaired) electrons. The summed E-state index contributed by atoms with van der Waals surface area (Å²) in [6.07, 6.45) is 4.87. The van der Waals surface area contributed by atoms with Crippen molar-refractivity contribution in [1.29, 1.82) is 0 Å². The number of aliphatic carboxylic acids is 1. The first-order valence-corrected chi connectivity index (χ1v) is 8.37. The minimum absolute atomic E-state index is 0.247. The monoisotopic (exact) mass is 332 g/mol. The number of carbonyl (C=O) groups is 1. The molecule has 5 heteroatoms. The lowest BCUT2D eigenvalue weighted by Gasteiger charge is -2.11. The van der Waals surface area contributed by atoms with Gasteiger partial charge >= 0.3 is 11.6 Å². The summed E-state index contributed by atoms with van der Waals surface area (Å²) in [5.41, 5.74) is 1.99. The van der Waals surface area contributed by atoms with Crippen LogP contribution in [0.4, 0.5) is 0 Å². The van der Waals surface area contributed by atoms with Gasteiger partial charge in [0.2, 0.25) is 0 Å². The molecule has 0 spiro atoms. The average Bonchev–Trinajstić information content (AvgIpc) is 2.52. The second-order valence-electron chi connectivity index (χ2n) is 6.07. The maximum Gasteiger partial charge on any atom is 0.336 e. The Labute approximate surface area is 141 Å². The first-order valence-electron chi connectivity index (χ1n) is 8.37. The third kappa shape index (κ3) is 4.85. The van der Waals surface area contributed by atoms with Crippen LogP contribution in [0.2, 0.25) is 0 Å². The molecule has 0 amide bonds. The van der Waals surface area contributed by atoms with Crippen molar-refractivity contribution in [3.05, 3.63) is 39.7 Å². The predicted octanol–water partition coefficient (Wildman–Crippen LogP) is 4.21. The molecule has 1 aromatic carbocycles. The molecule has 1 aromatic heterocycles. The van der Waals surface area contributed by atoms with Crippen LogP contribution < -0.4 is 10.4 Å². The van der Waals surface area contributed by atoms with E-state index in [2.05, 4.69) is 0 Å². The molecule has 2 aromatic rings. The van der Waals surface area contributed by atoms with Gasteiger partial charge in [-0.15, -0.1) is 0 Å². The molecule has 0 aliphatic heterocycles. The van der Waals surface area contributed by atoms with Crippen LogP contribution in [0.15, 0.2) is 27.4 Å². The molecule has 0 saturated heterocycles. The highest BCUT2D eigenvalue weighted by atomic mass is 16.5. The van der Waals surface area contributed by atoms with Gasteiger partial charge in [-0.2, -0.15) is 0 Å². The van der Waals surface area contributed by atoms with Gasteiger partial charge in [-0.1, -0.05) is 19.3 Å². The average molecular weight is 332 g/mol. The molecule has 130 valence electrons. The lowest BCUT2D eigenvalue weighted by molar-refractivity contribution is -0.137. The van der Waals surface area contributed by atoms with Gasteiger partial charge in [0.1, 0.15) is 11.3 Å². The molecule has 0 saturated carbocycles. The van der Waals surface area contributed by atoms with Crippen molar-refractivity contribution >= 4 is 16.9 Å². The summed E-state index contributed by atoms with van der Waals surface area (Å²) in [7, 11) is 0. The van der Waals surface area contributed by atoms with Crippen LogP contribution in [0.25, 0.3) is 11.0 Å². The molecule has 2 rings (SSSR count). The summed E-state index contributed by atoms with van der Waals surface area (Å²) in [4.78, 5) is 22.0. The normalized spacial score (nSPS) is 10.9. The van der Waals surface area contributed by atoms with Crippen molar-refractivity contribution in [2.24, 2.45) is 0 Å². The van der Waals surface area contributed by atoms with Gasteiger partial charge in [0.25, 0.3) is 0 Å². The first kappa shape index (κ1) is 18.0. The van der Waals surface area contributed by atoms with Gasteiger partial charge in [0.15, 0.2) is 0 Å². The molecule has 5 nitrogen and oxygen atoms in total. The fourth-order valence-electron chi connectivity index (χ4n) is 2.75. The lowest BCUT2D eigenvalue weighted by Crippen LogP contribution is -2.02. The summed E-state index contributed by atoms with van der Waals surface area (Å²) in [6, 6.07) is 5.33. The number of hydrogen-bond acceptors (Lipinski definition) is 4. The summed E-state index contributed by atoms with van der Waals surface area (Å²) >= 11 is 0. The molecule has 0 fully saturated rings. The molecule has 1 heterocycles. The number of rotatable bonds is 9. The van der Waals surface area contributed by atoms with E-state index in [1.165, 1.54) is 6.07 Å². The number of ether oxygens (including phenoxy) is 1. The molecule has 24 heavy (non-hydrogen) atoms. The van der Waals surface area contributed by atoms with Crippen molar-refractivity contribution < 1.29 is 19.1 Å². The highest BCUT2D eigenvalue weighted by Gasteiger charge is 2.09. The topological polar surface area (TPSA) is 76.7 Å². The zero-order valence-corrected chi connectivity index (χ0v) is 14.3. The first-order chi connectivity index (χ1) is 11.5. The third-order valence-corrected chi connectivity index (χ3v) is 4.11. The molecular weight excluding hydrogens is 308 g/mol. The van der Waals surface area contributed by atoms with Crippen molar-refractivity contribution in [2.75, 3.05) is 6.61 Å². The number of carboxylic acid groups (broad SMARTS) is 1. The van der Waals surface area contributed by atoms with E-state index in [1.54, 1.807) is 0 Å². The maximum absolute atomic E-state index is 11.6. The maximum atomic E-state index is 11.6. The number of benzene rings is 1. The molecular formula is C19H24O5. The molecule has 0 unspecified atom stereocenters. The van der Waals surface area contributed by atoms with Crippen LogP contribution >= 0.6 is 0 Å². The van der Waals surface area contributed by atoms with E-state index in [1.807, 2.05) is 26.0 Å². The Hall–Kier alpha value is -2.30. The van der Waals surface area contributed by atoms with E-state index in [-0.39, 0.29) is 12.0 Å². The molecule has 1 N–H and O–H groups in total. The fourth-order valence-corrected chi connectivity index (χ4v) is 2.75. The summed E-state index contributed by atoms with van der Waals surface area (Å²) in [5.74, 6) is 0.00845. The Bertz CT molecular complexity index is 760. The standard InChI is InChI=1S/C19H24O5/c1-13-12-18(22)24-19-14(2)16(10-9-15(13)19)23-11-7-5-3-4-6-8-17(20)21/h9-10,12H,3-8,11H2,1-2H3,(H,20,21). The Balaban J connectivity index is 1.84. The minimum Gasteiger partial charge on any atom is -0.493 e. The summed E-state index contributed by atoms with van der Waals surface area (Å²) in [6.45, 7) is 4.39. The van der Waals surface area contributed by atoms with Crippen LogP contribution in [-0.4, -0.2) is 17.7 Å². The van der Waals surface area contributed by atoms with E-state index < -0.39 is 5.97 Å². The predicted molar refractivity (Wildman–Crippen MR) is 92.8 cm³/mol. The van der Waals surface area contributed by atoms with Crippen LogP contribution in [0, 0.1) is 13.8 Å². The van der Waals surface area contributed by atoms with Crippen LogP contribution in [0.1, 0.15) is 49.7 Å². The minimum atomic E-state index is -0.730. The zero-order chi connectivity index (χ0) is 17.5. The van der Waals surface area contributed by atoms with Crippen LogP contribution in [0.5, 0.6) is 5.75 Å². The Morgan fingerprint density at radius 1 is 1.12 bits per heavy atom.